The number of rotatable bonds is 4. The number of piperidine rings is 1. The summed E-state index contributed by atoms with van der Waals surface area (Å²) in [6.07, 6.45) is 3.53. The van der Waals surface area contributed by atoms with Gasteiger partial charge in [-0.25, -0.2) is 16.8 Å². The molecule has 0 atom stereocenters. The fraction of sp³-hybridized carbons (Fsp3) is 0.300. The fourth-order valence-corrected chi connectivity index (χ4v) is 4.95. The molecule has 2 heterocycles. The highest BCUT2D eigenvalue weighted by molar-refractivity contribution is 7.90. The van der Waals surface area contributed by atoms with Crippen molar-refractivity contribution in [3.05, 3.63) is 60.5 Å². The Bertz CT molecular complexity index is 1080. The van der Waals surface area contributed by atoms with Crippen molar-refractivity contribution in [2.75, 3.05) is 25.5 Å². The van der Waals surface area contributed by atoms with Crippen molar-refractivity contribution in [2.45, 2.75) is 23.8 Å². The normalized spacial score (nSPS) is 16.1. The van der Waals surface area contributed by atoms with Gasteiger partial charge in [-0.1, -0.05) is 6.07 Å². The van der Waals surface area contributed by atoms with Gasteiger partial charge in [-0.2, -0.15) is 0 Å². The highest BCUT2D eigenvalue weighted by Gasteiger charge is 2.21. The summed E-state index contributed by atoms with van der Waals surface area (Å²) in [4.78, 5) is 2.50. The van der Waals surface area contributed by atoms with Crippen LogP contribution in [0.5, 0.6) is 0 Å². The fourth-order valence-electron chi connectivity index (χ4n) is 3.55. The van der Waals surface area contributed by atoms with Crippen LogP contribution in [0.1, 0.15) is 12.8 Å². The molecule has 2 aromatic carbocycles. The zero-order chi connectivity index (χ0) is 19.0. The number of hydrogen-bond donors (Lipinski definition) is 1. The molecule has 1 fully saturated rings. The Morgan fingerprint density at radius 3 is 2.57 bits per heavy atom. The maximum absolute atomic E-state index is 13.4. The van der Waals surface area contributed by atoms with Crippen molar-refractivity contribution in [2.24, 2.45) is 0 Å². The second kappa shape index (κ2) is 8.11. The largest absolute Gasteiger partial charge is 0.382 e. The molecule has 1 aliphatic rings. The van der Waals surface area contributed by atoms with E-state index in [0.29, 0.717) is 16.9 Å². The van der Waals surface area contributed by atoms with Gasteiger partial charge >= 0.3 is 0 Å². The molecule has 0 bridgehead atoms. The number of likely N-dealkylation sites (tertiary alicyclic amines) is 1. The van der Waals surface area contributed by atoms with E-state index in [1.165, 1.54) is 28.4 Å². The van der Waals surface area contributed by atoms with Crippen molar-refractivity contribution < 1.29 is 12.8 Å². The summed E-state index contributed by atoms with van der Waals surface area (Å²) < 4.78 is 40.8. The van der Waals surface area contributed by atoms with Gasteiger partial charge in [0.1, 0.15) is 5.82 Å². The van der Waals surface area contributed by atoms with E-state index in [1.54, 1.807) is 24.3 Å². The zero-order valence-electron chi connectivity index (χ0n) is 15.5. The summed E-state index contributed by atoms with van der Waals surface area (Å²) in [5, 5.41) is 4.01. The van der Waals surface area contributed by atoms with Gasteiger partial charge in [0.25, 0.3) is 10.0 Å². The lowest BCUT2D eigenvalue weighted by Crippen LogP contribution is -2.36. The van der Waals surface area contributed by atoms with Gasteiger partial charge in [-0.3, -0.25) is 0 Å². The molecule has 0 spiro atoms. The minimum Gasteiger partial charge on any atom is -0.382 e. The molecule has 1 aliphatic heterocycles. The van der Waals surface area contributed by atoms with Gasteiger partial charge in [0, 0.05) is 23.3 Å². The van der Waals surface area contributed by atoms with Crippen molar-refractivity contribution in [3.63, 3.8) is 0 Å². The molecule has 1 aromatic heterocycles. The second-order valence-corrected chi connectivity index (χ2v) is 8.88. The van der Waals surface area contributed by atoms with Gasteiger partial charge in [-0.05, 0) is 75.4 Å². The lowest BCUT2D eigenvalue weighted by Gasteiger charge is -2.30. The van der Waals surface area contributed by atoms with E-state index in [4.69, 9.17) is 0 Å². The zero-order valence-corrected chi connectivity index (χ0v) is 17.1. The Kier molecular flexibility index (Phi) is 5.98. The Labute approximate surface area is 170 Å². The summed E-state index contributed by atoms with van der Waals surface area (Å²) in [6, 6.07) is 12.9. The lowest BCUT2D eigenvalue weighted by atomic mass is 10.1. The third kappa shape index (κ3) is 4.01. The van der Waals surface area contributed by atoms with Gasteiger partial charge in [0.2, 0.25) is 0 Å². The van der Waals surface area contributed by atoms with Crippen LogP contribution in [0.15, 0.2) is 59.6 Å². The summed E-state index contributed by atoms with van der Waals surface area (Å²) in [5.74, 6) is -0.387. The van der Waals surface area contributed by atoms with Crippen LogP contribution in [0.3, 0.4) is 0 Å². The molecule has 0 radical (unpaired) electrons. The number of hydrogen-bond acceptors (Lipinski definition) is 4. The van der Waals surface area contributed by atoms with E-state index in [1.807, 2.05) is 6.07 Å². The van der Waals surface area contributed by atoms with Crippen LogP contribution in [0, 0.1) is 5.82 Å². The van der Waals surface area contributed by atoms with Crippen molar-refractivity contribution in [1.82, 2.24) is 8.87 Å². The number of nitrogens with one attached hydrogen (secondary N) is 1. The molecular weight excluding hydrogens is 401 g/mol. The molecule has 150 valence electrons. The van der Waals surface area contributed by atoms with Crippen LogP contribution < -0.4 is 5.32 Å². The van der Waals surface area contributed by atoms with Gasteiger partial charge in [-0.15, -0.1) is 12.4 Å². The van der Waals surface area contributed by atoms with E-state index >= 15 is 0 Å². The maximum Gasteiger partial charge on any atom is 0.268 e. The van der Waals surface area contributed by atoms with E-state index in [9.17, 15) is 12.8 Å². The minimum absolute atomic E-state index is 0. The van der Waals surface area contributed by atoms with E-state index in [2.05, 4.69) is 17.3 Å². The third-order valence-electron chi connectivity index (χ3n) is 5.10. The topological polar surface area (TPSA) is 54.3 Å². The van der Waals surface area contributed by atoms with E-state index in [0.717, 1.165) is 31.6 Å². The monoisotopic (exact) mass is 423 g/mol. The molecule has 5 nitrogen and oxygen atoms in total. The van der Waals surface area contributed by atoms with E-state index in [-0.39, 0.29) is 23.1 Å². The number of fused-ring (bicyclic) bond motifs is 1. The molecule has 1 saturated heterocycles. The van der Waals surface area contributed by atoms with Crippen LogP contribution in [-0.4, -0.2) is 43.5 Å². The first-order valence-electron chi connectivity index (χ1n) is 9.01. The number of aromatic nitrogens is 1. The van der Waals surface area contributed by atoms with Crippen LogP contribution in [0.4, 0.5) is 10.1 Å². The molecule has 28 heavy (non-hydrogen) atoms. The SMILES string of the molecule is CN1CCC(Nc2cccc(S(=O)(=O)n3ccc4cc(F)ccc43)c2)CC1.Cl. The number of halogens is 2. The Morgan fingerprint density at radius 1 is 1.07 bits per heavy atom. The number of nitrogens with zero attached hydrogens (tertiary/aromatic N) is 2. The predicted octanol–water partition coefficient (Wildman–Crippen LogP) is 3.95. The second-order valence-electron chi connectivity index (χ2n) is 7.07. The average molecular weight is 424 g/mol. The standard InChI is InChI=1S/C20H22FN3O2S.ClH/c1-23-10-8-17(9-11-23)22-18-3-2-4-19(14-18)27(25,26)24-12-7-15-13-16(21)5-6-20(15)24;/h2-7,12-14,17,22H,8-11H2,1H3;1H. The first kappa shape index (κ1) is 20.6. The van der Waals surface area contributed by atoms with Crippen LogP contribution >= 0.6 is 12.4 Å². The summed E-state index contributed by atoms with van der Waals surface area (Å²) >= 11 is 0. The summed E-state index contributed by atoms with van der Waals surface area (Å²) in [7, 11) is -1.65. The number of benzene rings is 2. The quantitative estimate of drug-likeness (QED) is 0.690. The molecule has 0 unspecified atom stereocenters. The van der Waals surface area contributed by atoms with Crippen molar-refractivity contribution in [1.29, 1.82) is 0 Å². The highest BCUT2D eigenvalue weighted by Crippen LogP contribution is 2.25. The van der Waals surface area contributed by atoms with Crippen LogP contribution in [-0.2, 0) is 10.0 Å². The van der Waals surface area contributed by atoms with Crippen LogP contribution in [0.2, 0.25) is 0 Å². The van der Waals surface area contributed by atoms with Gasteiger partial charge in [0.05, 0.1) is 10.4 Å². The molecule has 1 N–H and O–H groups in total. The number of anilines is 1. The van der Waals surface area contributed by atoms with E-state index < -0.39 is 10.0 Å². The molecule has 0 aliphatic carbocycles. The highest BCUT2D eigenvalue weighted by atomic mass is 35.5. The van der Waals surface area contributed by atoms with Gasteiger partial charge < -0.3 is 10.2 Å². The molecule has 8 heteroatoms. The smallest absolute Gasteiger partial charge is 0.268 e. The van der Waals surface area contributed by atoms with Gasteiger partial charge in [0.15, 0.2) is 0 Å². The molecule has 3 aromatic rings. The minimum atomic E-state index is -3.76. The predicted molar refractivity (Wildman–Crippen MR) is 112 cm³/mol. The maximum atomic E-state index is 13.4. The first-order valence-corrected chi connectivity index (χ1v) is 10.4. The Morgan fingerprint density at radius 2 is 1.82 bits per heavy atom. The first-order chi connectivity index (χ1) is 12.9. The molecule has 0 amide bonds. The Hall–Kier alpha value is -2.09. The summed E-state index contributed by atoms with van der Waals surface area (Å²) in [6.45, 7) is 2.06. The Balaban J connectivity index is 0.00000225. The summed E-state index contributed by atoms with van der Waals surface area (Å²) in [5.41, 5.74) is 1.26. The molecule has 0 saturated carbocycles. The molecular formula is C20H23ClFN3O2S. The lowest BCUT2D eigenvalue weighted by molar-refractivity contribution is 0.264. The van der Waals surface area contributed by atoms with Crippen molar-refractivity contribution in [3.8, 4) is 0 Å². The molecule has 4 rings (SSSR count). The van der Waals surface area contributed by atoms with Crippen LogP contribution in [0.25, 0.3) is 10.9 Å². The average Bonchev–Trinajstić information content (AvgIpc) is 3.07. The van der Waals surface area contributed by atoms with Crippen molar-refractivity contribution >= 4 is 39.0 Å². The third-order valence-corrected chi connectivity index (χ3v) is 6.78.